The average molecular weight is 604 g/mol. The Morgan fingerprint density at radius 1 is 0.949 bits per heavy atom. The van der Waals surface area contributed by atoms with E-state index in [1.165, 1.54) is 17.8 Å². The molecule has 196 valence electrons. The number of thioether (sulfide) groups is 1. The van der Waals surface area contributed by atoms with Crippen LogP contribution in [0.5, 0.6) is 11.5 Å². The second kappa shape index (κ2) is 12.3. The maximum absolute atomic E-state index is 14.1. The average Bonchev–Trinajstić information content (AvgIpc) is 3.24. The third kappa shape index (κ3) is 6.24. The lowest BCUT2D eigenvalue weighted by molar-refractivity contribution is -0.113. The molecule has 0 bridgehead atoms. The molecule has 1 aliphatic heterocycles. The van der Waals surface area contributed by atoms with Crippen LogP contribution in [0.4, 0.5) is 15.8 Å². The molecule has 0 aromatic heterocycles. The lowest BCUT2D eigenvalue weighted by Gasteiger charge is -2.16. The zero-order chi connectivity index (χ0) is 27.2. The Morgan fingerprint density at radius 2 is 1.64 bits per heavy atom. The van der Waals surface area contributed by atoms with Gasteiger partial charge in [-0.25, -0.2) is 9.38 Å². The van der Waals surface area contributed by atoms with Crippen molar-refractivity contribution < 1.29 is 18.7 Å². The smallest absolute Gasteiger partial charge is 0.271 e. The van der Waals surface area contributed by atoms with Gasteiger partial charge in [0.25, 0.3) is 5.91 Å². The van der Waals surface area contributed by atoms with E-state index in [1.807, 2.05) is 85.8 Å². The highest BCUT2D eigenvalue weighted by Gasteiger charge is 2.34. The number of carbonyl (C=O) groups is 1. The van der Waals surface area contributed by atoms with Crippen LogP contribution >= 0.6 is 27.7 Å². The number of nitrogens with zero attached hydrogens (tertiary/aromatic N) is 2. The molecule has 4 aromatic rings. The minimum Gasteiger partial charge on any atom is -0.490 e. The molecule has 0 aliphatic carbocycles. The fraction of sp³-hybridized carbons (Fsp3) is 0.0968. The van der Waals surface area contributed by atoms with Crippen molar-refractivity contribution in [2.45, 2.75) is 13.5 Å². The number of aliphatic imine (C=N–C) groups is 1. The Labute approximate surface area is 239 Å². The van der Waals surface area contributed by atoms with Crippen molar-refractivity contribution in [2.75, 3.05) is 11.5 Å². The van der Waals surface area contributed by atoms with Gasteiger partial charge in [0.1, 0.15) is 12.4 Å². The molecule has 39 heavy (non-hydrogen) atoms. The molecule has 5 rings (SSSR count). The van der Waals surface area contributed by atoms with Crippen molar-refractivity contribution in [3.63, 3.8) is 0 Å². The minimum atomic E-state index is -0.333. The SMILES string of the molecule is CCOc1cc(/C=C2/SC(=Nc3ccccc3)N(c3ccccc3)C2=O)cc(Br)c1OCc1ccccc1F. The summed E-state index contributed by atoms with van der Waals surface area (Å²) in [5.74, 6) is 0.448. The maximum atomic E-state index is 14.1. The molecule has 4 aromatic carbocycles. The second-order valence-electron chi connectivity index (χ2n) is 8.46. The Balaban J connectivity index is 1.48. The summed E-state index contributed by atoms with van der Waals surface area (Å²) in [5.41, 5.74) is 2.68. The highest BCUT2D eigenvalue weighted by atomic mass is 79.9. The van der Waals surface area contributed by atoms with Crippen LogP contribution in [0.1, 0.15) is 18.1 Å². The van der Waals surface area contributed by atoms with Crippen LogP contribution in [-0.4, -0.2) is 17.7 Å². The lowest BCUT2D eigenvalue weighted by Crippen LogP contribution is -2.28. The number of hydrogen-bond donors (Lipinski definition) is 0. The van der Waals surface area contributed by atoms with E-state index in [4.69, 9.17) is 14.5 Å². The molecule has 0 radical (unpaired) electrons. The Bertz CT molecular complexity index is 1540. The van der Waals surface area contributed by atoms with Gasteiger partial charge in [0.2, 0.25) is 0 Å². The number of halogens is 2. The molecule has 1 saturated heterocycles. The zero-order valence-corrected chi connectivity index (χ0v) is 23.4. The number of rotatable bonds is 8. The Hall–Kier alpha value is -3.88. The molecule has 0 spiro atoms. The van der Waals surface area contributed by atoms with Crippen LogP contribution in [-0.2, 0) is 11.4 Å². The summed E-state index contributed by atoms with van der Waals surface area (Å²) in [4.78, 5) is 20.5. The summed E-state index contributed by atoms with van der Waals surface area (Å²) in [7, 11) is 0. The number of benzene rings is 4. The zero-order valence-electron chi connectivity index (χ0n) is 21.0. The number of anilines is 1. The van der Waals surface area contributed by atoms with E-state index in [-0.39, 0.29) is 18.3 Å². The molecule has 1 aliphatic rings. The summed E-state index contributed by atoms with van der Waals surface area (Å²) in [5, 5.41) is 0.567. The van der Waals surface area contributed by atoms with Crippen LogP contribution in [0.3, 0.4) is 0 Å². The van der Waals surface area contributed by atoms with E-state index in [9.17, 15) is 9.18 Å². The predicted molar refractivity (Wildman–Crippen MR) is 159 cm³/mol. The quantitative estimate of drug-likeness (QED) is 0.190. The molecule has 1 heterocycles. The standard InChI is InChI=1S/C31H24BrFN2O3S/c1-2-37-27-18-21(17-25(32)29(27)38-20-22-11-9-10-16-26(22)33)19-28-30(36)35(24-14-7-4-8-15-24)31(39-28)34-23-12-5-3-6-13-23/h3-19H,2,20H2,1H3/b28-19+,34-31?. The highest BCUT2D eigenvalue weighted by Crippen LogP contribution is 2.41. The van der Waals surface area contributed by atoms with Gasteiger partial charge in [-0.15, -0.1) is 0 Å². The van der Waals surface area contributed by atoms with Crippen molar-refractivity contribution in [3.8, 4) is 11.5 Å². The molecule has 1 amide bonds. The number of ether oxygens (including phenoxy) is 2. The molecular weight excluding hydrogens is 579 g/mol. The van der Waals surface area contributed by atoms with Crippen molar-refractivity contribution >= 4 is 56.2 Å². The molecule has 5 nitrogen and oxygen atoms in total. The third-order valence-electron chi connectivity index (χ3n) is 5.76. The fourth-order valence-corrected chi connectivity index (χ4v) is 5.53. The first-order valence-electron chi connectivity index (χ1n) is 12.3. The molecular formula is C31H24BrFN2O3S. The van der Waals surface area contributed by atoms with Gasteiger partial charge in [0.15, 0.2) is 16.7 Å². The van der Waals surface area contributed by atoms with Gasteiger partial charge in [0.05, 0.1) is 27.4 Å². The topological polar surface area (TPSA) is 51.1 Å². The van der Waals surface area contributed by atoms with E-state index in [0.29, 0.717) is 38.2 Å². The van der Waals surface area contributed by atoms with Gasteiger partial charge in [-0.3, -0.25) is 9.69 Å². The number of carbonyl (C=O) groups excluding carboxylic acids is 1. The normalized spacial score (nSPS) is 15.3. The molecule has 0 unspecified atom stereocenters. The number of hydrogen-bond acceptors (Lipinski definition) is 5. The summed E-state index contributed by atoms with van der Waals surface area (Å²) in [6.07, 6.45) is 1.81. The second-order valence-corrected chi connectivity index (χ2v) is 10.3. The van der Waals surface area contributed by atoms with Gasteiger partial charge in [-0.1, -0.05) is 54.6 Å². The van der Waals surface area contributed by atoms with Gasteiger partial charge >= 0.3 is 0 Å². The van der Waals surface area contributed by atoms with Crippen LogP contribution in [0.2, 0.25) is 0 Å². The van der Waals surface area contributed by atoms with E-state index in [2.05, 4.69) is 15.9 Å². The molecule has 0 N–H and O–H groups in total. The van der Waals surface area contributed by atoms with E-state index in [1.54, 1.807) is 23.1 Å². The van der Waals surface area contributed by atoms with E-state index < -0.39 is 0 Å². The minimum absolute atomic E-state index is 0.0471. The maximum Gasteiger partial charge on any atom is 0.271 e. The lowest BCUT2D eigenvalue weighted by atomic mass is 10.1. The van der Waals surface area contributed by atoms with Crippen molar-refractivity contribution in [1.82, 2.24) is 0 Å². The molecule has 0 saturated carbocycles. The third-order valence-corrected chi connectivity index (χ3v) is 7.32. The first-order chi connectivity index (χ1) is 19.0. The van der Waals surface area contributed by atoms with E-state index in [0.717, 1.165) is 16.9 Å². The number of para-hydroxylation sites is 2. The van der Waals surface area contributed by atoms with Crippen molar-refractivity contribution in [2.24, 2.45) is 4.99 Å². The van der Waals surface area contributed by atoms with Gasteiger partial charge < -0.3 is 9.47 Å². The van der Waals surface area contributed by atoms with Crippen LogP contribution in [0.25, 0.3) is 6.08 Å². The number of amides is 1. The fourth-order valence-electron chi connectivity index (χ4n) is 3.96. The molecule has 0 atom stereocenters. The van der Waals surface area contributed by atoms with Crippen molar-refractivity contribution in [3.05, 3.63) is 123 Å². The van der Waals surface area contributed by atoms with Crippen LogP contribution in [0, 0.1) is 5.82 Å². The van der Waals surface area contributed by atoms with Gasteiger partial charge in [-0.2, -0.15) is 0 Å². The first kappa shape index (κ1) is 26.7. The Kier molecular flexibility index (Phi) is 8.44. The predicted octanol–water partition coefficient (Wildman–Crippen LogP) is 8.37. The Morgan fingerprint density at radius 3 is 2.36 bits per heavy atom. The van der Waals surface area contributed by atoms with Crippen molar-refractivity contribution in [1.29, 1.82) is 0 Å². The summed E-state index contributed by atoms with van der Waals surface area (Å²) >= 11 is 4.88. The summed E-state index contributed by atoms with van der Waals surface area (Å²) in [6.45, 7) is 2.33. The molecule has 8 heteroatoms. The summed E-state index contributed by atoms with van der Waals surface area (Å²) in [6, 6.07) is 29.1. The van der Waals surface area contributed by atoms with E-state index >= 15 is 0 Å². The number of amidine groups is 1. The first-order valence-corrected chi connectivity index (χ1v) is 13.9. The monoisotopic (exact) mass is 602 g/mol. The highest BCUT2D eigenvalue weighted by molar-refractivity contribution is 9.10. The van der Waals surface area contributed by atoms with Crippen LogP contribution in [0.15, 0.2) is 111 Å². The molecule has 1 fully saturated rings. The van der Waals surface area contributed by atoms with Gasteiger partial charge in [-0.05, 0) is 88.7 Å². The summed E-state index contributed by atoms with van der Waals surface area (Å²) < 4.78 is 26.6. The van der Waals surface area contributed by atoms with Gasteiger partial charge in [0, 0.05) is 5.56 Å². The largest absolute Gasteiger partial charge is 0.490 e. The van der Waals surface area contributed by atoms with Crippen LogP contribution < -0.4 is 14.4 Å².